The van der Waals surface area contributed by atoms with Crippen LogP contribution in [-0.2, 0) is 4.79 Å². The molecule has 17 heavy (non-hydrogen) atoms. The van der Waals surface area contributed by atoms with Crippen LogP contribution < -0.4 is 5.32 Å². The summed E-state index contributed by atoms with van der Waals surface area (Å²) in [4.78, 5) is 15.5. The third-order valence-electron chi connectivity index (χ3n) is 1.87. The van der Waals surface area contributed by atoms with Gasteiger partial charge in [-0.05, 0) is 18.2 Å². The van der Waals surface area contributed by atoms with E-state index in [0.717, 1.165) is 4.70 Å². The SMILES string of the molecule is CC(=O)Nc1nc2ccc(SC(F)F)cc2s1. The van der Waals surface area contributed by atoms with Gasteiger partial charge in [0.25, 0.3) is 5.76 Å². The maximum Gasteiger partial charge on any atom is 0.288 e. The number of nitrogens with one attached hydrogen (secondary N) is 1. The fourth-order valence-electron chi connectivity index (χ4n) is 1.29. The van der Waals surface area contributed by atoms with E-state index in [1.54, 1.807) is 18.2 Å². The number of alkyl halides is 2. The molecule has 2 aromatic rings. The van der Waals surface area contributed by atoms with Crippen LogP contribution >= 0.6 is 23.1 Å². The molecule has 1 heterocycles. The monoisotopic (exact) mass is 274 g/mol. The fourth-order valence-corrected chi connectivity index (χ4v) is 2.85. The second-order valence-corrected chi connectivity index (χ2v) is 5.30. The summed E-state index contributed by atoms with van der Waals surface area (Å²) in [5.74, 6) is -2.64. The summed E-state index contributed by atoms with van der Waals surface area (Å²) >= 11 is 1.76. The van der Waals surface area contributed by atoms with Gasteiger partial charge in [-0.3, -0.25) is 4.79 Å². The Morgan fingerprint density at radius 3 is 2.94 bits per heavy atom. The van der Waals surface area contributed by atoms with E-state index < -0.39 is 5.76 Å². The molecule has 0 aliphatic heterocycles. The van der Waals surface area contributed by atoms with Crippen LogP contribution in [0.25, 0.3) is 10.2 Å². The number of thioether (sulfide) groups is 1. The largest absolute Gasteiger partial charge is 0.302 e. The Bertz CT molecular complexity index is 556. The molecule has 0 unspecified atom stereocenters. The van der Waals surface area contributed by atoms with Gasteiger partial charge in [-0.1, -0.05) is 23.1 Å². The van der Waals surface area contributed by atoms with Crippen LogP contribution in [0.4, 0.5) is 13.9 Å². The van der Waals surface area contributed by atoms with Crippen molar-refractivity contribution in [2.75, 3.05) is 5.32 Å². The molecule has 0 aliphatic rings. The minimum absolute atomic E-state index is 0.203. The van der Waals surface area contributed by atoms with E-state index in [1.165, 1.54) is 18.3 Å². The van der Waals surface area contributed by atoms with Gasteiger partial charge in [0.15, 0.2) is 5.13 Å². The highest BCUT2D eigenvalue weighted by Crippen LogP contribution is 2.32. The highest BCUT2D eigenvalue weighted by atomic mass is 32.2. The molecule has 3 nitrogen and oxygen atoms in total. The van der Waals surface area contributed by atoms with E-state index in [-0.39, 0.29) is 5.91 Å². The van der Waals surface area contributed by atoms with Gasteiger partial charge in [-0.2, -0.15) is 8.78 Å². The van der Waals surface area contributed by atoms with Gasteiger partial charge in [0, 0.05) is 11.8 Å². The Hall–Kier alpha value is -1.21. The molecule has 1 aromatic carbocycles. The van der Waals surface area contributed by atoms with E-state index in [2.05, 4.69) is 10.3 Å². The van der Waals surface area contributed by atoms with Crippen LogP contribution in [0, 0.1) is 0 Å². The highest BCUT2D eigenvalue weighted by Gasteiger charge is 2.09. The minimum Gasteiger partial charge on any atom is -0.302 e. The lowest BCUT2D eigenvalue weighted by molar-refractivity contribution is -0.114. The van der Waals surface area contributed by atoms with Crippen molar-refractivity contribution in [3.8, 4) is 0 Å². The lowest BCUT2D eigenvalue weighted by Gasteiger charge is -1.98. The summed E-state index contributed by atoms with van der Waals surface area (Å²) in [6.07, 6.45) is 0. The van der Waals surface area contributed by atoms with Crippen LogP contribution in [0.2, 0.25) is 0 Å². The Kier molecular flexibility index (Phi) is 3.58. The number of amides is 1. The van der Waals surface area contributed by atoms with E-state index in [1.807, 2.05) is 0 Å². The molecular weight excluding hydrogens is 266 g/mol. The van der Waals surface area contributed by atoms with E-state index in [9.17, 15) is 13.6 Å². The maximum atomic E-state index is 12.2. The molecule has 1 amide bonds. The van der Waals surface area contributed by atoms with Crippen molar-refractivity contribution in [2.45, 2.75) is 17.6 Å². The number of hydrogen-bond acceptors (Lipinski definition) is 4. The summed E-state index contributed by atoms with van der Waals surface area (Å²) in [7, 11) is 0. The molecule has 90 valence electrons. The van der Waals surface area contributed by atoms with Crippen molar-refractivity contribution in [2.24, 2.45) is 0 Å². The van der Waals surface area contributed by atoms with E-state index in [4.69, 9.17) is 0 Å². The zero-order valence-corrected chi connectivity index (χ0v) is 10.4. The molecule has 0 radical (unpaired) electrons. The average molecular weight is 274 g/mol. The van der Waals surface area contributed by atoms with Crippen molar-refractivity contribution in [3.05, 3.63) is 18.2 Å². The normalized spacial score (nSPS) is 11.1. The third kappa shape index (κ3) is 3.13. The van der Waals surface area contributed by atoms with E-state index >= 15 is 0 Å². The fraction of sp³-hybridized carbons (Fsp3) is 0.200. The summed E-state index contributed by atoms with van der Waals surface area (Å²) < 4.78 is 25.2. The predicted octanol–water partition coefficient (Wildman–Crippen LogP) is 3.57. The van der Waals surface area contributed by atoms with E-state index in [0.29, 0.717) is 27.3 Å². The number of aromatic nitrogens is 1. The Morgan fingerprint density at radius 1 is 1.53 bits per heavy atom. The topological polar surface area (TPSA) is 42.0 Å². The van der Waals surface area contributed by atoms with Crippen LogP contribution in [0.1, 0.15) is 6.92 Å². The number of hydrogen-bond donors (Lipinski definition) is 1. The Labute approximate surface area is 104 Å². The van der Waals surface area contributed by atoms with Crippen molar-refractivity contribution in [1.82, 2.24) is 4.98 Å². The summed E-state index contributed by atoms with van der Waals surface area (Å²) in [5.41, 5.74) is 0.692. The number of rotatable bonds is 3. The molecule has 0 aliphatic carbocycles. The molecular formula is C10H8F2N2OS2. The summed E-state index contributed by atoms with van der Waals surface area (Å²) in [6, 6.07) is 4.91. The Balaban J connectivity index is 2.30. The molecule has 1 N–H and O–H groups in total. The smallest absolute Gasteiger partial charge is 0.288 e. The first-order valence-electron chi connectivity index (χ1n) is 4.67. The number of thiazole rings is 1. The first kappa shape index (κ1) is 12.3. The zero-order valence-electron chi connectivity index (χ0n) is 8.74. The van der Waals surface area contributed by atoms with Gasteiger partial charge in [-0.25, -0.2) is 4.98 Å². The minimum atomic E-state index is -2.44. The van der Waals surface area contributed by atoms with Crippen molar-refractivity contribution in [3.63, 3.8) is 0 Å². The van der Waals surface area contributed by atoms with Crippen molar-refractivity contribution < 1.29 is 13.6 Å². The lowest BCUT2D eigenvalue weighted by Crippen LogP contribution is -2.04. The average Bonchev–Trinajstić information content (AvgIpc) is 2.56. The second kappa shape index (κ2) is 4.97. The molecule has 2 rings (SSSR count). The molecule has 0 fully saturated rings. The molecule has 0 bridgehead atoms. The molecule has 1 aromatic heterocycles. The van der Waals surface area contributed by atoms with Crippen molar-refractivity contribution >= 4 is 44.4 Å². The number of fused-ring (bicyclic) bond motifs is 1. The summed E-state index contributed by atoms with van der Waals surface area (Å²) in [6.45, 7) is 1.39. The van der Waals surface area contributed by atoms with Crippen LogP contribution in [0.15, 0.2) is 23.1 Å². The van der Waals surface area contributed by atoms with Gasteiger partial charge in [-0.15, -0.1) is 0 Å². The number of carbonyl (C=O) groups is 1. The second-order valence-electron chi connectivity index (χ2n) is 3.21. The van der Waals surface area contributed by atoms with Gasteiger partial charge in [0.05, 0.1) is 10.2 Å². The van der Waals surface area contributed by atoms with Gasteiger partial charge < -0.3 is 5.32 Å². The molecule has 7 heteroatoms. The molecule has 0 saturated carbocycles. The van der Waals surface area contributed by atoms with Crippen LogP contribution in [0.5, 0.6) is 0 Å². The van der Waals surface area contributed by atoms with Gasteiger partial charge in [0.2, 0.25) is 5.91 Å². The van der Waals surface area contributed by atoms with Crippen LogP contribution in [0.3, 0.4) is 0 Å². The zero-order chi connectivity index (χ0) is 12.4. The summed E-state index contributed by atoms with van der Waals surface area (Å²) in [5, 5.41) is 3.05. The lowest BCUT2D eigenvalue weighted by atomic mass is 10.3. The molecule has 0 spiro atoms. The number of carbonyl (C=O) groups excluding carboxylic acids is 1. The quantitative estimate of drug-likeness (QED) is 0.870. The standard InChI is InChI=1S/C10H8F2N2OS2/c1-5(15)13-10-14-7-3-2-6(16-9(11)12)4-8(7)17-10/h2-4,9H,1H3,(H,13,14,15). The van der Waals surface area contributed by atoms with Crippen LogP contribution in [-0.4, -0.2) is 16.6 Å². The highest BCUT2D eigenvalue weighted by molar-refractivity contribution is 7.99. The Morgan fingerprint density at radius 2 is 2.29 bits per heavy atom. The first-order chi connectivity index (χ1) is 8.04. The van der Waals surface area contributed by atoms with Gasteiger partial charge in [0.1, 0.15) is 0 Å². The van der Waals surface area contributed by atoms with Gasteiger partial charge >= 0.3 is 0 Å². The molecule has 0 atom stereocenters. The maximum absolute atomic E-state index is 12.2. The first-order valence-corrected chi connectivity index (χ1v) is 6.37. The third-order valence-corrected chi connectivity index (χ3v) is 3.51. The number of benzene rings is 1. The van der Waals surface area contributed by atoms with Crippen molar-refractivity contribution in [1.29, 1.82) is 0 Å². The number of halogens is 2. The molecule has 0 saturated heterocycles. The number of anilines is 1. The predicted molar refractivity (Wildman–Crippen MR) is 65.8 cm³/mol. The number of nitrogens with zero attached hydrogens (tertiary/aromatic N) is 1.